The molecule has 1 saturated heterocycles. The fourth-order valence-corrected chi connectivity index (χ4v) is 2.70. The van der Waals surface area contributed by atoms with Crippen molar-refractivity contribution in [2.75, 3.05) is 19.5 Å². The smallest absolute Gasteiger partial charge is 0.306 e. The van der Waals surface area contributed by atoms with E-state index in [9.17, 15) is 4.79 Å². The van der Waals surface area contributed by atoms with Gasteiger partial charge in [0.25, 0.3) is 0 Å². The molecule has 1 aliphatic rings. The van der Waals surface area contributed by atoms with Gasteiger partial charge in [-0.1, -0.05) is 6.92 Å². The molecule has 3 nitrogen and oxygen atoms in total. The maximum atomic E-state index is 11.0. The quantitative estimate of drug-likeness (QED) is 0.658. The topological polar surface area (TPSA) is 35.5 Å². The Labute approximate surface area is 95.9 Å². The number of carbonyl (C=O) groups excluding carboxylic acids is 1. The van der Waals surface area contributed by atoms with Crippen LogP contribution in [0.1, 0.15) is 32.6 Å². The summed E-state index contributed by atoms with van der Waals surface area (Å²) in [6, 6.07) is 0. The minimum absolute atomic E-state index is 0.118. The number of rotatable bonds is 6. The Morgan fingerprint density at radius 1 is 1.67 bits per heavy atom. The highest BCUT2D eigenvalue weighted by Crippen LogP contribution is 2.21. The van der Waals surface area contributed by atoms with E-state index in [-0.39, 0.29) is 5.97 Å². The molecule has 0 aliphatic carbocycles. The summed E-state index contributed by atoms with van der Waals surface area (Å²) in [6.45, 7) is 2.99. The standard InChI is InChI=1S/C11H20O3S/c1-9(8-11(12)13-2)15-7-5-10-4-3-6-14-10/h9-10H,3-8H2,1-2H3. The fourth-order valence-electron chi connectivity index (χ4n) is 1.65. The SMILES string of the molecule is COC(=O)CC(C)SCCC1CCCO1. The molecule has 1 heterocycles. The van der Waals surface area contributed by atoms with Gasteiger partial charge >= 0.3 is 5.97 Å². The molecule has 0 bridgehead atoms. The van der Waals surface area contributed by atoms with Crippen LogP contribution in [0.25, 0.3) is 0 Å². The van der Waals surface area contributed by atoms with Crippen LogP contribution in [0, 0.1) is 0 Å². The molecule has 0 N–H and O–H groups in total. The number of thioether (sulfide) groups is 1. The lowest BCUT2D eigenvalue weighted by Gasteiger charge is -2.12. The van der Waals surface area contributed by atoms with Crippen molar-refractivity contribution in [3.8, 4) is 0 Å². The summed E-state index contributed by atoms with van der Waals surface area (Å²) in [5, 5.41) is 0.346. The van der Waals surface area contributed by atoms with E-state index in [0.29, 0.717) is 17.8 Å². The molecule has 4 heteroatoms. The van der Waals surface area contributed by atoms with E-state index in [2.05, 4.69) is 11.7 Å². The lowest BCUT2D eigenvalue weighted by Crippen LogP contribution is -2.11. The first-order valence-corrected chi connectivity index (χ1v) is 6.57. The molecule has 0 amide bonds. The van der Waals surface area contributed by atoms with Crippen molar-refractivity contribution in [3.63, 3.8) is 0 Å². The monoisotopic (exact) mass is 232 g/mol. The summed E-state index contributed by atoms with van der Waals surface area (Å²) in [5.41, 5.74) is 0. The zero-order chi connectivity index (χ0) is 11.1. The molecule has 0 aromatic rings. The van der Waals surface area contributed by atoms with E-state index in [1.165, 1.54) is 20.0 Å². The Kier molecular flexibility index (Phi) is 6.10. The molecule has 0 aromatic heterocycles. The third kappa shape index (κ3) is 5.42. The fraction of sp³-hybridized carbons (Fsp3) is 0.909. The van der Waals surface area contributed by atoms with E-state index < -0.39 is 0 Å². The van der Waals surface area contributed by atoms with Gasteiger partial charge in [0.2, 0.25) is 0 Å². The van der Waals surface area contributed by atoms with Gasteiger partial charge in [0.1, 0.15) is 0 Å². The Morgan fingerprint density at radius 2 is 2.47 bits per heavy atom. The van der Waals surface area contributed by atoms with Crippen LogP contribution in [0.3, 0.4) is 0 Å². The molecule has 15 heavy (non-hydrogen) atoms. The molecular formula is C11H20O3S. The third-order valence-corrected chi connectivity index (χ3v) is 3.76. The molecular weight excluding hydrogens is 212 g/mol. The first-order valence-electron chi connectivity index (χ1n) is 5.52. The van der Waals surface area contributed by atoms with Gasteiger partial charge in [0, 0.05) is 11.9 Å². The molecule has 2 unspecified atom stereocenters. The van der Waals surface area contributed by atoms with Gasteiger partial charge < -0.3 is 9.47 Å². The first kappa shape index (κ1) is 12.8. The van der Waals surface area contributed by atoms with Crippen LogP contribution >= 0.6 is 11.8 Å². The largest absolute Gasteiger partial charge is 0.469 e. The van der Waals surface area contributed by atoms with E-state index in [1.807, 2.05) is 11.8 Å². The van der Waals surface area contributed by atoms with Gasteiger partial charge in [-0.15, -0.1) is 0 Å². The average Bonchev–Trinajstić information content (AvgIpc) is 2.70. The van der Waals surface area contributed by atoms with Crippen LogP contribution in [-0.4, -0.2) is 36.8 Å². The van der Waals surface area contributed by atoms with Gasteiger partial charge in [-0.05, 0) is 25.0 Å². The molecule has 0 radical (unpaired) electrons. The molecule has 1 fully saturated rings. The van der Waals surface area contributed by atoms with Crippen LogP contribution in [0.2, 0.25) is 0 Å². The van der Waals surface area contributed by atoms with Crippen LogP contribution in [0.5, 0.6) is 0 Å². The Balaban J connectivity index is 2.00. The lowest BCUT2D eigenvalue weighted by atomic mass is 10.2. The summed E-state index contributed by atoms with van der Waals surface area (Å²) in [4.78, 5) is 11.0. The van der Waals surface area contributed by atoms with Crippen molar-refractivity contribution >= 4 is 17.7 Å². The zero-order valence-electron chi connectivity index (χ0n) is 9.53. The van der Waals surface area contributed by atoms with Crippen molar-refractivity contribution in [3.05, 3.63) is 0 Å². The molecule has 88 valence electrons. The van der Waals surface area contributed by atoms with Crippen LogP contribution < -0.4 is 0 Å². The van der Waals surface area contributed by atoms with Crippen LogP contribution in [-0.2, 0) is 14.3 Å². The number of ether oxygens (including phenoxy) is 2. The Hall–Kier alpha value is -0.220. The molecule has 1 rings (SSSR count). The minimum Gasteiger partial charge on any atom is -0.469 e. The number of methoxy groups -OCH3 is 1. The maximum Gasteiger partial charge on any atom is 0.306 e. The second-order valence-corrected chi connectivity index (χ2v) is 5.43. The summed E-state index contributed by atoms with van der Waals surface area (Å²) in [7, 11) is 1.44. The van der Waals surface area contributed by atoms with E-state index >= 15 is 0 Å². The molecule has 0 aromatic carbocycles. The summed E-state index contributed by atoms with van der Waals surface area (Å²) < 4.78 is 10.2. The lowest BCUT2D eigenvalue weighted by molar-refractivity contribution is -0.140. The predicted octanol–water partition coefficient (Wildman–Crippen LogP) is 2.24. The molecule has 0 spiro atoms. The van der Waals surface area contributed by atoms with Crippen molar-refractivity contribution in [2.24, 2.45) is 0 Å². The molecule has 0 saturated carbocycles. The second kappa shape index (κ2) is 7.12. The van der Waals surface area contributed by atoms with Crippen LogP contribution in [0.4, 0.5) is 0 Å². The molecule has 1 aliphatic heterocycles. The van der Waals surface area contributed by atoms with Gasteiger partial charge in [-0.2, -0.15) is 11.8 Å². The first-order chi connectivity index (χ1) is 7.22. The average molecular weight is 232 g/mol. The van der Waals surface area contributed by atoms with Crippen molar-refractivity contribution in [2.45, 2.75) is 44.0 Å². The van der Waals surface area contributed by atoms with Crippen molar-refractivity contribution < 1.29 is 14.3 Å². The Morgan fingerprint density at radius 3 is 3.07 bits per heavy atom. The van der Waals surface area contributed by atoms with Gasteiger partial charge in [0.15, 0.2) is 0 Å². The summed E-state index contributed by atoms with van der Waals surface area (Å²) >= 11 is 1.83. The summed E-state index contributed by atoms with van der Waals surface area (Å²) in [5.74, 6) is 0.954. The van der Waals surface area contributed by atoms with Gasteiger partial charge in [-0.25, -0.2) is 0 Å². The number of esters is 1. The number of hydrogen-bond donors (Lipinski definition) is 0. The zero-order valence-corrected chi connectivity index (χ0v) is 10.3. The highest BCUT2D eigenvalue weighted by molar-refractivity contribution is 7.99. The number of carbonyl (C=O) groups is 1. The van der Waals surface area contributed by atoms with Crippen molar-refractivity contribution in [1.29, 1.82) is 0 Å². The normalized spacial score (nSPS) is 22.7. The van der Waals surface area contributed by atoms with E-state index in [1.54, 1.807) is 0 Å². The minimum atomic E-state index is -0.118. The van der Waals surface area contributed by atoms with E-state index in [4.69, 9.17) is 4.74 Å². The highest BCUT2D eigenvalue weighted by Gasteiger charge is 2.16. The third-order valence-electron chi connectivity index (χ3n) is 2.55. The van der Waals surface area contributed by atoms with E-state index in [0.717, 1.165) is 18.8 Å². The second-order valence-electron chi connectivity index (χ2n) is 3.89. The highest BCUT2D eigenvalue weighted by atomic mass is 32.2. The molecule has 2 atom stereocenters. The van der Waals surface area contributed by atoms with Gasteiger partial charge in [0.05, 0.1) is 19.6 Å². The Bertz CT molecular complexity index is 190. The van der Waals surface area contributed by atoms with Gasteiger partial charge in [-0.3, -0.25) is 4.79 Å². The summed E-state index contributed by atoms with van der Waals surface area (Å²) in [6.07, 6.45) is 4.48. The maximum absolute atomic E-state index is 11.0. The van der Waals surface area contributed by atoms with Crippen LogP contribution in [0.15, 0.2) is 0 Å². The number of hydrogen-bond acceptors (Lipinski definition) is 4. The van der Waals surface area contributed by atoms with Crippen molar-refractivity contribution in [1.82, 2.24) is 0 Å². The predicted molar refractivity (Wildman–Crippen MR) is 62.1 cm³/mol.